The first-order valence-electron chi connectivity index (χ1n) is 7.06. The summed E-state index contributed by atoms with van der Waals surface area (Å²) in [4.78, 5) is 0. The fourth-order valence-electron chi connectivity index (χ4n) is 2.34. The zero-order valence-corrected chi connectivity index (χ0v) is 13.3. The Morgan fingerprint density at radius 1 is 0.667 bits per heavy atom. The molecule has 0 aliphatic rings. The minimum Gasteiger partial charge on any atom is -0.201 e. The van der Waals surface area contributed by atoms with Crippen LogP contribution in [0.2, 0.25) is 0 Å². The van der Waals surface area contributed by atoms with E-state index in [1.165, 1.54) is 16.7 Å². The quantitative estimate of drug-likeness (QED) is 0.621. The van der Waals surface area contributed by atoms with Gasteiger partial charge in [0.1, 0.15) is 0 Å². The van der Waals surface area contributed by atoms with Gasteiger partial charge in [-0.05, 0) is 29.7 Å². The van der Waals surface area contributed by atoms with Crippen LogP contribution < -0.4 is 4.57 Å². The average Bonchev–Trinajstić information content (AvgIpc) is 2.53. The molecule has 0 bridgehead atoms. The highest BCUT2D eigenvalue weighted by Gasteiger charge is 2.03. The van der Waals surface area contributed by atoms with Gasteiger partial charge in [0, 0.05) is 22.2 Å². The smallest absolute Gasteiger partial charge is 0.173 e. The van der Waals surface area contributed by atoms with Crippen molar-refractivity contribution in [1.29, 1.82) is 0 Å². The molecule has 0 unspecified atom stereocenters. The minimum absolute atomic E-state index is 0.902. The molecule has 0 radical (unpaired) electrons. The second kappa shape index (κ2) is 6.68. The lowest BCUT2D eigenvalue weighted by molar-refractivity contribution is -0.688. The molecule has 0 fully saturated rings. The van der Waals surface area contributed by atoms with Crippen LogP contribution in [-0.4, -0.2) is 0 Å². The standard InChI is InChI=1S/C19H17BrN/c20-19-8-6-18(7-9-19)15-21-12-10-17(11-13-21)14-16-4-2-1-3-5-16/h1-13H,14-15H2/q+1. The normalized spacial score (nSPS) is 10.5. The first-order chi connectivity index (χ1) is 10.3. The van der Waals surface area contributed by atoms with E-state index in [4.69, 9.17) is 0 Å². The largest absolute Gasteiger partial charge is 0.201 e. The zero-order chi connectivity index (χ0) is 14.5. The van der Waals surface area contributed by atoms with Gasteiger partial charge in [-0.1, -0.05) is 58.4 Å². The Kier molecular flexibility index (Phi) is 4.46. The van der Waals surface area contributed by atoms with Gasteiger partial charge in [-0.15, -0.1) is 0 Å². The Morgan fingerprint density at radius 3 is 1.95 bits per heavy atom. The van der Waals surface area contributed by atoms with Gasteiger partial charge in [0.2, 0.25) is 0 Å². The lowest BCUT2D eigenvalue weighted by Gasteiger charge is -2.02. The molecule has 0 saturated carbocycles. The fraction of sp³-hybridized carbons (Fsp3) is 0.105. The summed E-state index contributed by atoms with van der Waals surface area (Å²) in [5.41, 5.74) is 4.00. The molecular weight excluding hydrogens is 322 g/mol. The second-order valence-electron chi connectivity index (χ2n) is 5.17. The molecule has 0 spiro atoms. The summed E-state index contributed by atoms with van der Waals surface area (Å²) in [6.45, 7) is 0.902. The summed E-state index contributed by atoms with van der Waals surface area (Å²) in [6.07, 6.45) is 5.29. The van der Waals surface area contributed by atoms with Crippen LogP contribution in [-0.2, 0) is 13.0 Å². The number of hydrogen-bond donors (Lipinski definition) is 0. The van der Waals surface area contributed by atoms with Crippen molar-refractivity contribution in [2.75, 3.05) is 0 Å². The van der Waals surface area contributed by atoms with Gasteiger partial charge >= 0.3 is 0 Å². The van der Waals surface area contributed by atoms with Crippen LogP contribution in [0.25, 0.3) is 0 Å². The summed E-state index contributed by atoms with van der Waals surface area (Å²) >= 11 is 3.47. The maximum absolute atomic E-state index is 3.47. The highest BCUT2D eigenvalue weighted by molar-refractivity contribution is 9.10. The summed E-state index contributed by atoms with van der Waals surface area (Å²) < 4.78 is 3.33. The molecule has 2 heteroatoms. The van der Waals surface area contributed by atoms with Crippen LogP contribution in [0, 0.1) is 0 Å². The SMILES string of the molecule is Brc1ccc(C[n+]2ccc(Cc3ccccc3)cc2)cc1. The summed E-state index contributed by atoms with van der Waals surface area (Å²) in [6, 6.07) is 23.4. The van der Waals surface area contributed by atoms with E-state index in [0.717, 1.165) is 17.4 Å². The summed E-state index contributed by atoms with van der Waals surface area (Å²) in [7, 11) is 0. The number of hydrogen-bond acceptors (Lipinski definition) is 0. The van der Waals surface area contributed by atoms with E-state index in [9.17, 15) is 0 Å². The molecular formula is C19H17BrN+. The molecule has 21 heavy (non-hydrogen) atoms. The maximum Gasteiger partial charge on any atom is 0.173 e. The third kappa shape index (κ3) is 4.02. The van der Waals surface area contributed by atoms with Gasteiger partial charge in [-0.25, -0.2) is 4.57 Å². The molecule has 0 saturated heterocycles. The predicted octanol–water partition coefficient (Wildman–Crippen LogP) is 4.38. The number of halogens is 1. The molecule has 1 heterocycles. The van der Waals surface area contributed by atoms with Crippen molar-refractivity contribution >= 4 is 15.9 Å². The van der Waals surface area contributed by atoms with E-state index >= 15 is 0 Å². The maximum atomic E-state index is 3.47. The van der Waals surface area contributed by atoms with Crippen LogP contribution in [0.3, 0.4) is 0 Å². The molecule has 1 aromatic heterocycles. The molecule has 0 aliphatic carbocycles. The first kappa shape index (κ1) is 14.0. The Bertz CT molecular complexity index is 688. The Morgan fingerprint density at radius 2 is 1.29 bits per heavy atom. The highest BCUT2D eigenvalue weighted by Crippen LogP contribution is 2.11. The van der Waals surface area contributed by atoms with Crippen LogP contribution in [0.1, 0.15) is 16.7 Å². The van der Waals surface area contributed by atoms with E-state index in [2.05, 4.69) is 99.6 Å². The molecule has 2 aromatic carbocycles. The van der Waals surface area contributed by atoms with Crippen molar-refractivity contribution in [3.63, 3.8) is 0 Å². The topological polar surface area (TPSA) is 3.88 Å². The van der Waals surface area contributed by atoms with E-state index in [1.807, 2.05) is 0 Å². The van der Waals surface area contributed by atoms with Crippen LogP contribution in [0.15, 0.2) is 83.6 Å². The van der Waals surface area contributed by atoms with Crippen molar-refractivity contribution < 1.29 is 4.57 Å². The Labute approximate surface area is 134 Å². The number of nitrogens with zero attached hydrogens (tertiary/aromatic N) is 1. The fourth-order valence-corrected chi connectivity index (χ4v) is 2.61. The minimum atomic E-state index is 0.902. The lowest BCUT2D eigenvalue weighted by atomic mass is 10.1. The van der Waals surface area contributed by atoms with Gasteiger partial charge < -0.3 is 0 Å². The van der Waals surface area contributed by atoms with Crippen LogP contribution >= 0.6 is 15.9 Å². The Balaban J connectivity index is 1.68. The van der Waals surface area contributed by atoms with Crippen molar-refractivity contribution in [2.24, 2.45) is 0 Å². The third-order valence-corrected chi connectivity index (χ3v) is 4.02. The van der Waals surface area contributed by atoms with Gasteiger partial charge in [0.25, 0.3) is 0 Å². The molecule has 0 amide bonds. The van der Waals surface area contributed by atoms with Gasteiger partial charge in [-0.3, -0.25) is 0 Å². The number of aromatic nitrogens is 1. The second-order valence-corrected chi connectivity index (χ2v) is 6.08. The zero-order valence-electron chi connectivity index (χ0n) is 11.7. The van der Waals surface area contributed by atoms with Gasteiger partial charge in [-0.2, -0.15) is 0 Å². The van der Waals surface area contributed by atoms with Crippen LogP contribution in [0.4, 0.5) is 0 Å². The molecule has 0 N–H and O–H groups in total. The first-order valence-corrected chi connectivity index (χ1v) is 7.85. The number of pyridine rings is 1. The number of rotatable bonds is 4. The van der Waals surface area contributed by atoms with Crippen molar-refractivity contribution in [3.8, 4) is 0 Å². The van der Waals surface area contributed by atoms with Crippen molar-refractivity contribution in [1.82, 2.24) is 0 Å². The molecule has 1 nitrogen and oxygen atoms in total. The Hall–Kier alpha value is -1.93. The molecule has 3 aromatic rings. The van der Waals surface area contributed by atoms with Gasteiger partial charge in [0.05, 0.1) is 0 Å². The van der Waals surface area contributed by atoms with Gasteiger partial charge in [0.15, 0.2) is 18.9 Å². The van der Waals surface area contributed by atoms with Crippen molar-refractivity contribution in [3.05, 3.63) is 100 Å². The number of benzene rings is 2. The average molecular weight is 339 g/mol. The van der Waals surface area contributed by atoms with Crippen molar-refractivity contribution in [2.45, 2.75) is 13.0 Å². The molecule has 104 valence electrons. The monoisotopic (exact) mass is 338 g/mol. The molecule has 0 aliphatic heterocycles. The van der Waals surface area contributed by atoms with E-state index in [1.54, 1.807) is 0 Å². The molecule has 0 atom stereocenters. The highest BCUT2D eigenvalue weighted by atomic mass is 79.9. The summed E-state index contributed by atoms with van der Waals surface area (Å²) in [5.74, 6) is 0. The van der Waals surface area contributed by atoms with E-state index in [0.29, 0.717) is 0 Å². The van der Waals surface area contributed by atoms with E-state index < -0.39 is 0 Å². The lowest BCUT2D eigenvalue weighted by Crippen LogP contribution is -2.33. The third-order valence-electron chi connectivity index (χ3n) is 3.49. The summed E-state index contributed by atoms with van der Waals surface area (Å²) in [5, 5.41) is 0. The predicted molar refractivity (Wildman–Crippen MR) is 89.1 cm³/mol. The van der Waals surface area contributed by atoms with E-state index in [-0.39, 0.29) is 0 Å². The van der Waals surface area contributed by atoms with Crippen LogP contribution in [0.5, 0.6) is 0 Å². The molecule has 3 rings (SSSR count).